The van der Waals surface area contributed by atoms with Gasteiger partial charge in [-0.2, -0.15) is 0 Å². The summed E-state index contributed by atoms with van der Waals surface area (Å²) < 4.78 is 1.89. The van der Waals surface area contributed by atoms with Crippen LogP contribution in [0.4, 0.5) is 16.2 Å². The van der Waals surface area contributed by atoms with Crippen LogP contribution in [0.25, 0.3) is 17.0 Å². The van der Waals surface area contributed by atoms with Crippen molar-refractivity contribution in [2.45, 2.75) is 6.92 Å². The van der Waals surface area contributed by atoms with Crippen LogP contribution in [0.2, 0.25) is 0 Å². The van der Waals surface area contributed by atoms with Gasteiger partial charge in [-0.15, -0.1) is 0 Å². The maximum absolute atomic E-state index is 12.0. The first-order valence-corrected chi connectivity index (χ1v) is 8.23. The van der Waals surface area contributed by atoms with Gasteiger partial charge in [-0.3, -0.25) is 4.40 Å². The lowest BCUT2D eigenvalue weighted by Crippen LogP contribution is -2.19. The fourth-order valence-corrected chi connectivity index (χ4v) is 2.64. The van der Waals surface area contributed by atoms with E-state index in [0.29, 0.717) is 11.5 Å². The van der Waals surface area contributed by atoms with Crippen molar-refractivity contribution in [1.29, 1.82) is 0 Å². The number of fused-ring (bicyclic) bond motifs is 1. The molecule has 2 heterocycles. The summed E-state index contributed by atoms with van der Waals surface area (Å²) in [6.45, 7) is 1.94. The van der Waals surface area contributed by atoms with E-state index in [9.17, 15) is 4.79 Å². The Morgan fingerprint density at radius 3 is 2.31 bits per heavy atom. The maximum atomic E-state index is 12.0. The average Bonchev–Trinajstić information content (AvgIpc) is 3.06. The van der Waals surface area contributed by atoms with Crippen LogP contribution in [0.1, 0.15) is 5.69 Å². The summed E-state index contributed by atoms with van der Waals surface area (Å²) in [6.07, 6.45) is 3.88. The Labute approximate surface area is 150 Å². The number of nitrogens with zero attached hydrogens (tertiary/aromatic N) is 3. The molecule has 4 aromatic rings. The quantitative estimate of drug-likeness (QED) is 0.581. The van der Waals surface area contributed by atoms with Crippen molar-refractivity contribution in [3.63, 3.8) is 0 Å². The van der Waals surface area contributed by atoms with Crippen molar-refractivity contribution >= 4 is 23.2 Å². The minimum absolute atomic E-state index is 0.281. The molecule has 0 spiro atoms. The lowest BCUT2D eigenvalue weighted by Gasteiger charge is -2.07. The predicted molar refractivity (Wildman–Crippen MR) is 102 cm³/mol. The SMILES string of the molecule is Cc1ccn2cc(-c3ccc(NC(=O)Nc4ccccc4)cc3)nc2n1. The summed E-state index contributed by atoms with van der Waals surface area (Å²) in [5.74, 6) is 0.671. The number of amides is 2. The topological polar surface area (TPSA) is 71.3 Å². The molecule has 0 aliphatic heterocycles. The molecule has 2 N–H and O–H groups in total. The van der Waals surface area contributed by atoms with Crippen molar-refractivity contribution in [3.8, 4) is 11.3 Å². The maximum Gasteiger partial charge on any atom is 0.323 e. The minimum atomic E-state index is -0.281. The number of hydrogen-bond donors (Lipinski definition) is 2. The van der Waals surface area contributed by atoms with E-state index in [4.69, 9.17) is 0 Å². The standard InChI is InChI=1S/C20H17N5O/c1-14-11-12-25-13-18(24-19(25)21-14)15-7-9-17(10-8-15)23-20(26)22-16-5-3-2-4-6-16/h2-13H,1H3,(H2,22,23,26). The number of carbonyl (C=O) groups excluding carboxylic acids is 1. The highest BCUT2D eigenvalue weighted by molar-refractivity contribution is 5.99. The molecule has 128 valence electrons. The molecule has 0 bridgehead atoms. The number of rotatable bonds is 3. The second-order valence-electron chi connectivity index (χ2n) is 5.92. The largest absolute Gasteiger partial charge is 0.323 e. The Hall–Kier alpha value is -3.67. The predicted octanol–water partition coefficient (Wildman–Crippen LogP) is 4.35. The van der Waals surface area contributed by atoms with E-state index < -0.39 is 0 Å². The second kappa shape index (κ2) is 6.68. The van der Waals surface area contributed by atoms with Crippen LogP contribution >= 0.6 is 0 Å². The van der Waals surface area contributed by atoms with Crippen LogP contribution in [0.15, 0.2) is 73.1 Å². The van der Waals surface area contributed by atoms with E-state index in [1.165, 1.54) is 0 Å². The summed E-state index contributed by atoms with van der Waals surface area (Å²) in [5.41, 5.74) is 4.18. The van der Waals surface area contributed by atoms with Crippen molar-refractivity contribution in [2.24, 2.45) is 0 Å². The van der Waals surface area contributed by atoms with Crippen LogP contribution in [0, 0.1) is 6.92 Å². The number of benzene rings is 2. The molecule has 0 unspecified atom stereocenters. The third-order valence-corrected chi connectivity index (χ3v) is 3.94. The molecule has 6 heteroatoms. The first-order chi connectivity index (χ1) is 12.7. The molecule has 4 rings (SSSR count). The molecule has 0 aliphatic rings. The Balaban J connectivity index is 1.48. The van der Waals surface area contributed by atoms with Crippen molar-refractivity contribution in [3.05, 3.63) is 78.8 Å². The zero-order valence-corrected chi connectivity index (χ0v) is 14.2. The normalized spacial score (nSPS) is 10.7. The summed E-state index contributed by atoms with van der Waals surface area (Å²) in [5, 5.41) is 5.60. The van der Waals surface area contributed by atoms with E-state index in [-0.39, 0.29) is 6.03 Å². The van der Waals surface area contributed by atoms with Gasteiger partial charge < -0.3 is 10.6 Å². The second-order valence-corrected chi connectivity index (χ2v) is 5.92. The van der Waals surface area contributed by atoms with Crippen LogP contribution in [0.5, 0.6) is 0 Å². The average molecular weight is 343 g/mol. The number of urea groups is 1. The molecule has 26 heavy (non-hydrogen) atoms. The van der Waals surface area contributed by atoms with Crippen molar-refractivity contribution < 1.29 is 4.79 Å². The number of aryl methyl sites for hydroxylation is 1. The zero-order chi connectivity index (χ0) is 17.9. The van der Waals surface area contributed by atoms with Gasteiger partial charge in [0.1, 0.15) is 0 Å². The van der Waals surface area contributed by atoms with E-state index in [1.54, 1.807) is 0 Å². The Morgan fingerprint density at radius 1 is 0.885 bits per heavy atom. The number of aromatic nitrogens is 3. The number of anilines is 2. The minimum Gasteiger partial charge on any atom is -0.308 e. The summed E-state index contributed by atoms with van der Waals surface area (Å²) in [4.78, 5) is 21.0. The first kappa shape index (κ1) is 15.8. The molecular formula is C20H17N5O. The number of para-hydroxylation sites is 1. The first-order valence-electron chi connectivity index (χ1n) is 8.23. The Bertz CT molecular complexity index is 1050. The van der Waals surface area contributed by atoms with Gasteiger partial charge in [-0.1, -0.05) is 30.3 Å². The highest BCUT2D eigenvalue weighted by Crippen LogP contribution is 2.21. The molecule has 6 nitrogen and oxygen atoms in total. The number of carbonyl (C=O) groups is 1. The van der Waals surface area contributed by atoms with Crippen LogP contribution in [0.3, 0.4) is 0 Å². The van der Waals surface area contributed by atoms with Gasteiger partial charge in [0.25, 0.3) is 0 Å². The summed E-state index contributed by atoms with van der Waals surface area (Å²) in [6, 6.07) is 18.5. The van der Waals surface area contributed by atoms with E-state index in [1.807, 2.05) is 84.4 Å². The smallest absolute Gasteiger partial charge is 0.308 e. The van der Waals surface area contributed by atoms with Gasteiger partial charge in [0, 0.05) is 35.0 Å². The van der Waals surface area contributed by atoms with Crippen molar-refractivity contribution in [2.75, 3.05) is 10.6 Å². The van der Waals surface area contributed by atoms with E-state index in [2.05, 4.69) is 20.6 Å². The lowest BCUT2D eigenvalue weighted by atomic mass is 10.1. The summed E-state index contributed by atoms with van der Waals surface area (Å²) in [7, 11) is 0. The third kappa shape index (κ3) is 3.39. The lowest BCUT2D eigenvalue weighted by molar-refractivity contribution is 0.262. The molecule has 0 aliphatic carbocycles. The van der Waals surface area contributed by atoms with Gasteiger partial charge in [0.15, 0.2) is 0 Å². The van der Waals surface area contributed by atoms with Crippen molar-refractivity contribution in [1.82, 2.24) is 14.4 Å². The fraction of sp³-hybridized carbons (Fsp3) is 0.0500. The highest BCUT2D eigenvalue weighted by Gasteiger charge is 2.07. The zero-order valence-electron chi connectivity index (χ0n) is 14.2. The number of imidazole rings is 1. The van der Waals surface area contributed by atoms with E-state index in [0.717, 1.165) is 22.6 Å². The molecule has 2 aromatic heterocycles. The van der Waals surface area contributed by atoms with Gasteiger partial charge in [0.05, 0.1) is 5.69 Å². The molecule has 0 fully saturated rings. The molecule has 0 saturated heterocycles. The fourth-order valence-electron chi connectivity index (χ4n) is 2.64. The van der Waals surface area contributed by atoms with Gasteiger partial charge >= 0.3 is 6.03 Å². The third-order valence-electron chi connectivity index (χ3n) is 3.94. The monoisotopic (exact) mass is 343 g/mol. The molecule has 0 atom stereocenters. The Kier molecular flexibility index (Phi) is 4.07. The highest BCUT2D eigenvalue weighted by atomic mass is 16.2. The van der Waals surface area contributed by atoms with E-state index >= 15 is 0 Å². The van der Waals surface area contributed by atoms with Gasteiger partial charge in [-0.25, -0.2) is 14.8 Å². The Morgan fingerprint density at radius 2 is 1.58 bits per heavy atom. The molecule has 0 radical (unpaired) electrons. The molecule has 2 aromatic carbocycles. The summed E-state index contributed by atoms with van der Waals surface area (Å²) >= 11 is 0. The van der Waals surface area contributed by atoms with Crippen LogP contribution < -0.4 is 10.6 Å². The number of hydrogen-bond acceptors (Lipinski definition) is 3. The molecule has 2 amide bonds. The van der Waals surface area contributed by atoms with Gasteiger partial charge in [-0.05, 0) is 37.3 Å². The van der Waals surface area contributed by atoms with Crippen LogP contribution in [-0.2, 0) is 0 Å². The molecular weight excluding hydrogens is 326 g/mol. The molecule has 0 saturated carbocycles. The van der Waals surface area contributed by atoms with Crippen LogP contribution in [-0.4, -0.2) is 20.4 Å². The number of nitrogens with one attached hydrogen (secondary N) is 2. The van der Waals surface area contributed by atoms with Gasteiger partial charge in [0.2, 0.25) is 5.78 Å².